The van der Waals surface area contributed by atoms with E-state index in [1.807, 2.05) is 0 Å². The van der Waals surface area contributed by atoms with Gasteiger partial charge in [-0.15, -0.1) is 0 Å². The molecule has 1 N–H and O–H groups in total. The van der Waals surface area contributed by atoms with Gasteiger partial charge in [-0.3, -0.25) is 4.79 Å². The fourth-order valence-electron chi connectivity index (χ4n) is 1.67. The van der Waals surface area contributed by atoms with Gasteiger partial charge in [0.25, 0.3) is 0 Å². The third-order valence-electron chi connectivity index (χ3n) is 2.45. The summed E-state index contributed by atoms with van der Waals surface area (Å²) >= 11 is 0. The average molecular weight is 257 g/mol. The highest BCUT2D eigenvalue weighted by molar-refractivity contribution is 5.93. The Kier molecular flexibility index (Phi) is 4.51. The first-order valence-electron chi connectivity index (χ1n) is 5.28. The SMILES string of the molecule is COCC(O)Cn1c([N+](=O)[O-])nc(C(C)=O)c1C. The Bertz CT molecular complexity index is 468. The van der Waals surface area contributed by atoms with Gasteiger partial charge in [0.2, 0.25) is 5.69 Å². The first-order valence-corrected chi connectivity index (χ1v) is 5.28. The van der Waals surface area contributed by atoms with E-state index in [-0.39, 0.29) is 24.6 Å². The van der Waals surface area contributed by atoms with Gasteiger partial charge in [0, 0.05) is 14.0 Å². The molecule has 0 radical (unpaired) electrons. The van der Waals surface area contributed by atoms with E-state index >= 15 is 0 Å². The number of ether oxygens (including phenoxy) is 1. The first kappa shape index (κ1) is 14.3. The van der Waals surface area contributed by atoms with Gasteiger partial charge < -0.3 is 20.0 Å². The summed E-state index contributed by atoms with van der Waals surface area (Å²) in [6.45, 7) is 2.84. The van der Waals surface area contributed by atoms with Crippen LogP contribution in [0.3, 0.4) is 0 Å². The van der Waals surface area contributed by atoms with E-state index in [1.54, 1.807) is 6.92 Å². The normalized spacial score (nSPS) is 12.4. The van der Waals surface area contributed by atoms with Crippen LogP contribution in [0.25, 0.3) is 0 Å². The number of nitro groups is 1. The van der Waals surface area contributed by atoms with Crippen molar-refractivity contribution >= 4 is 11.7 Å². The van der Waals surface area contributed by atoms with Crippen LogP contribution in [-0.4, -0.2) is 45.2 Å². The number of Topliss-reactive ketones (excluding diaryl/α,β-unsaturated/α-hetero) is 1. The molecule has 8 nitrogen and oxygen atoms in total. The third-order valence-corrected chi connectivity index (χ3v) is 2.45. The number of imidazole rings is 1. The van der Waals surface area contributed by atoms with Gasteiger partial charge >= 0.3 is 5.95 Å². The van der Waals surface area contributed by atoms with E-state index in [0.717, 1.165) is 0 Å². The lowest BCUT2D eigenvalue weighted by Crippen LogP contribution is -2.22. The third kappa shape index (κ3) is 2.90. The molecule has 0 aliphatic rings. The molecule has 0 spiro atoms. The number of nitrogens with zero attached hydrogens (tertiary/aromatic N) is 3. The Balaban J connectivity index is 3.15. The summed E-state index contributed by atoms with van der Waals surface area (Å²) < 4.78 is 5.96. The molecule has 0 aliphatic heterocycles. The maximum Gasteiger partial charge on any atom is 0.435 e. The second-order valence-corrected chi connectivity index (χ2v) is 3.88. The number of aliphatic hydroxyl groups excluding tert-OH is 1. The lowest BCUT2D eigenvalue weighted by Gasteiger charge is -2.09. The number of rotatable bonds is 6. The standard InChI is InChI=1S/C10H15N3O5/c1-6-9(7(2)14)11-10(13(16)17)12(6)4-8(15)5-18-3/h8,15H,4-5H2,1-3H3. The molecule has 0 amide bonds. The summed E-state index contributed by atoms with van der Waals surface area (Å²) in [7, 11) is 1.42. The number of hydrogen-bond donors (Lipinski definition) is 1. The summed E-state index contributed by atoms with van der Waals surface area (Å²) in [4.78, 5) is 25.1. The van der Waals surface area contributed by atoms with Gasteiger partial charge in [-0.25, -0.2) is 4.57 Å². The lowest BCUT2D eigenvalue weighted by molar-refractivity contribution is -0.397. The van der Waals surface area contributed by atoms with E-state index in [1.165, 1.54) is 18.6 Å². The molecule has 100 valence electrons. The van der Waals surface area contributed by atoms with E-state index < -0.39 is 17.0 Å². The minimum atomic E-state index is -0.901. The van der Waals surface area contributed by atoms with E-state index in [0.29, 0.717) is 5.69 Å². The summed E-state index contributed by atoms with van der Waals surface area (Å²) in [5, 5.41) is 20.4. The number of hydrogen-bond acceptors (Lipinski definition) is 6. The number of carbonyl (C=O) groups excluding carboxylic acids is 1. The maximum atomic E-state index is 11.3. The zero-order valence-electron chi connectivity index (χ0n) is 10.4. The predicted molar refractivity (Wildman–Crippen MR) is 61.5 cm³/mol. The molecule has 1 rings (SSSR count). The predicted octanol–water partition coefficient (Wildman–Crippen LogP) is 0.310. The van der Waals surface area contributed by atoms with Gasteiger partial charge in [-0.1, -0.05) is 4.98 Å². The Morgan fingerprint density at radius 1 is 1.67 bits per heavy atom. The number of carbonyl (C=O) groups is 1. The Hall–Kier alpha value is -1.80. The number of ketones is 1. The van der Waals surface area contributed by atoms with Crippen molar-refractivity contribution in [1.29, 1.82) is 0 Å². The van der Waals surface area contributed by atoms with Crippen molar-refractivity contribution in [3.05, 3.63) is 21.5 Å². The van der Waals surface area contributed by atoms with Gasteiger partial charge in [-0.2, -0.15) is 0 Å². The van der Waals surface area contributed by atoms with Crippen molar-refractivity contribution in [2.45, 2.75) is 26.5 Å². The van der Waals surface area contributed by atoms with Crippen LogP contribution in [0.5, 0.6) is 0 Å². The monoisotopic (exact) mass is 257 g/mol. The summed E-state index contributed by atoms with van der Waals surface area (Å²) in [5.74, 6) is -0.802. The van der Waals surface area contributed by atoms with Crippen molar-refractivity contribution in [1.82, 2.24) is 9.55 Å². The molecule has 8 heteroatoms. The van der Waals surface area contributed by atoms with Gasteiger partial charge in [0.15, 0.2) is 5.78 Å². The van der Waals surface area contributed by atoms with Crippen molar-refractivity contribution < 1.29 is 19.6 Å². The van der Waals surface area contributed by atoms with Crippen LogP contribution in [0.2, 0.25) is 0 Å². The zero-order valence-corrected chi connectivity index (χ0v) is 10.4. The topological polar surface area (TPSA) is 107 Å². The van der Waals surface area contributed by atoms with Gasteiger partial charge in [0.1, 0.15) is 18.3 Å². The summed E-state index contributed by atoms with van der Waals surface area (Å²) in [5.41, 5.74) is 0.413. The molecule has 1 atom stereocenters. The fourth-order valence-corrected chi connectivity index (χ4v) is 1.67. The number of methoxy groups -OCH3 is 1. The van der Waals surface area contributed by atoms with Gasteiger partial charge in [-0.05, 0) is 11.8 Å². The Labute approximate surface area is 103 Å². The van der Waals surface area contributed by atoms with Crippen LogP contribution in [-0.2, 0) is 11.3 Å². The van der Waals surface area contributed by atoms with Crippen molar-refractivity contribution in [2.75, 3.05) is 13.7 Å². The molecule has 18 heavy (non-hydrogen) atoms. The van der Waals surface area contributed by atoms with Crippen LogP contribution in [0.4, 0.5) is 5.95 Å². The molecular formula is C10H15N3O5. The molecule has 0 saturated heterocycles. The maximum absolute atomic E-state index is 11.3. The molecule has 0 fully saturated rings. The Morgan fingerprint density at radius 3 is 2.72 bits per heavy atom. The van der Waals surface area contributed by atoms with Crippen LogP contribution < -0.4 is 0 Å². The molecule has 0 aliphatic carbocycles. The molecular weight excluding hydrogens is 242 g/mol. The van der Waals surface area contributed by atoms with Crippen molar-refractivity contribution in [3.63, 3.8) is 0 Å². The van der Waals surface area contributed by atoms with Crippen molar-refractivity contribution in [2.24, 2.45) is 0 Å². The largest absolute Gasteiger partial charge is 0.435 e. The second-order valence-electron chi connectivity index (χ2n) is 3.88. The van der Waals surface area contributed by atoms with E-state index in [4.69, 9.17) is 4.74 Å². The highest BCUT2D eigenvalue weighted by Crippen LogP contribution is 2.18. The van der Waals surface area contributed by atoms with Gasteiger partial charge in [0.05, 0.1) is 6.61 Å². The number of aromatic nitrogens is 2. The van der Waals surface area contributed by atoms with Crippen molar-refractivity contribution in [3.8, 4) is 0 Å². The fraction of sp³-hybridized carbons (Fsp3) is 0.600. The second kappa shape index (κ2) is 5.69. The highest BCUT2D eigenvalue weighted by atomic mass is 16.6. The quantitative estimate of drug-likeness (QED) is 0.446. The lowest BCUT2D eigenvalue weighted by atomic mass is 10.2. The zero-order chi connectivity index (χ0) is 13.9. The molecule has 0 bridgehead atoms. The molecule has 1 unspecified atom stereocenters. The van der Waals surface area contributed by atoms with Crippen LogP contribution >= 0.6 is 0 Å². The molecule has 0 aromatic carbocycles. The first-order chi connectivity index (χ1) is 8.38. The number of aliphatic hydroxyl groups is 1. The van der Waals surface area contributed by atoms with E-state index in [9.17, 15) is 20.0 Å². The van der Waals surface area contributed by atoms with Crippen LogP contribution in [0.1, 0.15) is 23.1 Å². The molecule has 1 aromatic heterocycles. The average Bonchev–Trinajstić information content (AvgIpc) is 2.57. The van der Waals surface area contributed by atoms with E-state index in [2.05, 4.69) is 4.98 Å². The smallest absolute Gasteiger partial charge is 0.390 e. The molecule has 1 aromatic rings. The Morgan fingerprint density at radius 2 is 2.28 bits per heavy atom. The van der Waals surface area contributed by atoms with Crippen LogP contribution in [0.15, 0.2) is 0 Å². The minimum Gasteiger partial charge on any atom is -0.390 e. The van der Waals surface area contributed by atoms with Crippen LogP contribution in [0, 0.1) is 17.0 Å². The highest BCUT2D eigenvalue weighted by Gasteiger charge is 2.28. The minimum absolute atomic E-state index is 0.0454. The molecule has 0 saturated carbocycles. The summed E-state index contributed by atoms with van der Waals surface area (Å²) in [6, 6.07) is 0. The summed E-state index contributed by atoms with van der Waals surface area (Å²) in [6.07, 6.45) is -0.901. The molecule has 1 heterocycles.